The lowest BCUT2D eigenvalue weighted by Gasteiger charge is -2.07. The minimum atomic E-state index is -3.61. The summed E-state index contributed by atoms with van der Waals surface area (Å²) in [5.41, 5.74) is 1.39. The summed E-state index contributed by atoms with van der Waals surface area (Å²) >= 11 is 0. The van der Waals surface area contributed by atoms with E-state index in [2.05, 4.69) is 9.82 Å². The van der Waals surface area contributed by atoms with E-state index in [1.165, 1.54) is 6.20 Å². The minimum Gasteiger partial charge on any atom is -0.490 e. The summed E-state index contributed by atoms with van der Waals surface area (Å²) in [5, 5.41) is 4.05. The Morgan fingerprint density at radius 3 is 3.00 bits per heavy atom. The van der Waals surface area contributed by atoms with Gasteiger partial charge in [0.1, 0.15) is 11.9 Å². The summed E-state index contributed by atoms with van der Waals surface area (Å²) < 4.78 is 34.6. The molecular formula is C14H17N3O3S. The van der Waals surface area contributed by atoms with E-state index in [0.717, 1.165) is 17.7 Å². The number of nitrogens with zero attached hydrogens (tertiary/aromatic N) is 2. The first kappa shape index (κ1) is 13.9. The van der Waals surface area contributed by atoms with Crippen LogP contribution < -0.4 is 9.46 Å². The van der Waals surface area contributed by atoms with E-state index < -0.39 is 10.0 Å². The maximum absolute atomic E-state index is 12.4. The molecule has 1 N–H and O–H groups in total. The average molecular weight is 307 g/mol. The Morgan fingerprint density at radius 1 is 1.48 bits per heavy atom. The van der Waals surface area contributed by atoms with Crippen LogP contribution in [0, 0.1) is 0 Å². The third-order valence-corrected chi connectivity index (χ3v) is 4.77. The lowest BCUT2D eigenvalue weighted by Crippen LogP contribution is -2.12. The van der Waals surface area contributed by atoms with Gasteiger partial charge in [0.05, 0.1) is 16.8 Å². The molecule has 0 spiro atoms. The van der Waals surface area contributed by atoms with Crippen LogP contribution in [0.4, 0.5) is 5.69 Å². The number of fused-ring (bicyclic) bond motifs is 1. The Morgan fingerprint density at radius 2 is 2.29 bits per heavy atom. The summed E-state index contributed by atoms with van der Waals surface area (Å²) in [6.07, 6.45) is 3.98. The van der Waals surface area contributed by atoms with Crippen molar-refractivity contribution in [1.29, 1.82) is 0 Å². The zero-order valence-electron chi connectivity index (χ0n) is 11.9. The maximum atomic E-state index is 12.4. The predicted molar refractivity (Wildman–Crippen MR) is 78.9 cm³/mol. The molecule has 1 aliphatic heterocycles. The summed E-state index contributed by atoms with van der Waals surface area (Å²) in [4.78, 5) is 0.239. The van der Waals surface area contributed by atoms with E-state index in [1.807, 2.05) is 13.8 Å². The Kier molecular flexibility index (Phi) is 3.36. The third kappa shape index (κ3) is 2.73. The Hall–Kier alpha value is -2.02. The molecule has 1 atom stereocenters. The number of rotatable bonds is 4. The van der Waals surface area contributed by atoms with Crippen LogP contribution in [0.15, 0.2) is 35.5 Å². The topological polar surface area (TPSA) is 73.2 Å². The molecule has 1 aliphatic rings. The van der Waals surface area contributed by atoms with E-state index in [-0.39, 0.29) is 11.0 Å². The first-order chi connectivity index (χ1) is 9.98. The molecule has 1 aromatic heterocycles. The van der Waals surface area contributed by atoms with Gasteiger partial charge in [0.2, 0.25) is 0 Å². The van der Waals surface area contributed by atoms with E-state index >= 15 is 0 Å². The Balaban J connectivity index is 1.87. The number of aromatic nitrogens is 2. The van der Waals surface area contributed by atoms with Crippen molar-refractivity contribution in [2.45, 2.75) is 37.8 Å². The number of sulfonamides is 1. The van der Waals surface area contributed by atoms with Gasteiger partial charge in [0, 0.05) is 19.2 Å². The smallest absolute Gasteiger partial charge is 0.262 e. The van der Waals surface area contributed by atoms with Crippen molar-refractivity contribution >= 4 is 15.7 Å². The molecule has 0 saturated carbocycles. The second-order valence-electron chi connectivity index (χ2n) is 5.09. The highest BCUT2D eigenvalue weighted by Crippen LogP contribution is 2.31. The lowest BCUT2D eigenvalue weighted by molar-refractivity contribution is 0.254. The van der Waals surface area contributed by atoms with Gasteiger partial charge in [-0.1, -0.05) is 0 Å². The molecule has 6 nitrogen and oxygen atoms in total. The molecule has 2 aromatic rings. The normalized spacial score (nSPS) is 17.3. The summed E-state index contributed by atoms with van der Waals surface area (Å²) in [6.45, 7) is 4.59. The van der Waals surface area contributed by atoms with Crippen LogP contribution in [-0.4, -0.2) is 24.3 Å². The van der Waals surface area contributed by atoms with Crippen molar-refractivity contribution in [3.8, 4) is 5.75 Å². The highest BCUT2D eigenvalue weighted by molar-refractivity contribution is 7.92. The fourth-order valence-electron chi connectivity index (χ4n) is 2.37. The van der Waals surface area contributed by atoms with Crippen molar-refractivity contribution in [3.63, 3.8) is 0 Å². The molecule has 7 heteroatoms. The third-order valence-electron chi connectivity index (χ3n) is 3.39. The second kappa shape index (κ2) is 5.07. The number of benzene rings is 1. The molecule has 0 amide bonds. The number of ether oxygens (including phenoxy) is 1. The summed E-state index contributed by atoms with van der Waals surface area (Å²) in [6, 6.07) is 4.94. The van der Waals surface area contributed by atoms with Crippen LogP contribution in [0.3, 0.4) is 0 Å². The molecular weight excluding hydrogens is 290 g/mol. The van der Waals surface area contributed by atoms with Crippen LogP contribution in [0.5, 0.6) is 5.75 Å². The van der Waals surface area contributed by atoms with Gasteiger partial charge in [-0.25, -0.2) is 8.42 Å². The number of anilines is 1. The van der Waals surface area contributed by atoms with Crippen LogP contribution in [0.25, 0.3) is 0 Å². The summed E-state index contributed by atoms with van der Waals surface area (Å²) in [7, 11) is -3.61. The molecule has 0 saturated heterocycles. The largest absolute Gasteiger partial charge is 0.490 e. The van der Waals surface area contributed by atoms with Crippen LogP contribution in [0.2, 0.25) is 0 Å². The van der Waals surface area contributed by atoms with Crippen molar-refractivity contribution < 1.29 is 13.2 Å². The molecule has 3 rings (SSSR count). The van der Waals surface area contributed by atoms with Gasteiger partial charge in [-0.2, -0.15) is 5.10 Å². The van der Waals surface area contributed by atoms with Gasteiger partial charge in [-0.3, -0.25) is 9.40 Å². The van der Waals surface area contributed by atoms with Gasteiger partial charge in [-0.15, -0.1) is 0 Å². The van der Waals surface area contributed by atoms with Crippen LogP contribution in [0.1, 0.15) is 19.4 Å². The molecule has 0 bridgehead atoms. The lowest BCUT2D eigenvalue weighted by atomic mass is 10.1. The average Bonchev–Trinajstić information content (AvgIpc) is 3.02. The Bertz CT molecular complexity index is 768. The highest BCUT2D eigenvalue weighted by Gasteiger charge is 2.23. The fourth-order valence-corrected chi connectivity index (χ4v) is 3.45. The molecule has 0 radical (unpaired) electrons. The maximum Gasteiger partial charge on any atom is 0.262 e. The number of nitrogens with one attached hydrogen (secondary N) is 1. The molecule has 112 valence electrons. The van der Waals surface area contributed by atoms with Crippen molar-refractivity contribution in [1.82, 2.24) is 9.78 Å². The van der Waals surface area contributed by atoms with Crippen molar-refractivity contribution in [2.24, 2.45) is 0 Å². The molecule has 0 aliphatic carbocycles. The minimum absolute atomic E-state index is 0.0914. The van der Waals surface area contributed by atoms with Crippen molar-refractivity contribution in [2.75, 3.05) is 4.72 Å². The molecule has 0 fully saturated rings. The first-order valence-electron chi connectivity index (χ1n) is 6.83. The SMILES string of the molecule is CCn1cc(NS(=O)(=O)c2ccc3c(c2)CC(C)O3)cn1. The first-order valence-corrected chi connectivity index (χ1v) is 8.31. The van der Waals surface area contributed by atoms with Crippen LogP contribution >= 0.6 is 0 Å². The van der Waals surface area contributed by atoms with Gasteiger partial charge in [0.25, 0.3) is 10.0 Å². The van der Waals surface area contributed by atoms with E-state index in [0.29, 0.717) is 12.2 Å². The number of hydrogen-bond acceptors (Lipinski definition) is 4. The predicted octanol–water partition coefficient (Wildman–Crippen LogP) is 2.03. The van der Waals surface area contributed by atoms with Gasteiger partial charge in [0.15, 0.2) is 0 Å². The highest BCUT2D eigenvalue weighted by atomic mass is 32.2. The standard InChI is InChI=1S/C14H17N3O3S/c1-3-17-9-12(8-15-17)16-21(18,19)13-4-5-14-11(7-13)6-10(2)20-14/h4-5,7-10,16H,3,6H2,1-2H3. The Labute approximate surface area is 123 Å². The summed E-state index contributed by atoms with van der Waals surface area (Å²) in [5.74, 6) is 0.764. The monoisotopic (exact) mass is 307 g/mol. The molecule has 21 heavy (non-hydrogen) atoms. The van der Waals surface area contributed by atoms with Gasteiger partial charge in [-0.05, 0) is 37.6 Å². The van der Waals surface area contributed by atoms with Crippen LogP contribution in [-0.2, 0) is 23.0 Å². The quantitative estimate of drug-likeness (QED) is 0.938. The van der Waals surface area contributed by atoms with E-state index in [1.54, 1.807) is 29.1 Å². The zero-order valence-corrected chi connectivity index (χ0v) is 12.7. The second-order valence-corrected chi connectivity index (χ2v) is 6.77. The van der Waals surface area contributed by atoms with Crippen molar-refractivity contribution in [3.05, 3.63) is 36.2 Å². The van der Waals surface area contributed by atoms with E-state index in [4.69, 9.17) is 4.74 Å². The fraction of sp³-hybridized carbons (Fsp3) is 0.357. The number of hydrogen-bond donors (Lipinski definition) is 1. The van der Waals surface area contributed by atoms with Gasteiger partial charge < -0.3 is 4.74 Å². The molecule has 1 unspecified atom stereocenters. The zero-order chi connectivity index (χ0) is 15.0. The molecule has 1 aromatic carbocycles. The van der Waals surface area contributed by atoms with E-state index in [9.17, 15) is 8.42 Å². The molecule has 2 heterocycles. The van der Waals surface area contributed by atoms with Gasteiger partial charge >= 0.3 is 0 Å². The number of aryl methyl sites for hydroxylation is 1.